The van der Waals surface area contributed by atoms with Crippen LogP contribution < -0.4 is 5.32 Å². The van der Waals surface area contributed by atoms with Crippen molar-refractivity contribution in [1.82, 2.24) is 10.2 Å². The lowest BCUT2D eigenvalue weighted by Crippen LogP contribution is -2.48. The second-order valence-electron chi connectivity index (χ2n) is 6.24. The zero-order valence-electron chi connectivity index (χ0n) is 14.0. The number of piperidine rings is 1. The van der Waals surface area contributed by atoms with Crippen molar-refractivity contribution < 1.29 is 23.4 Å². The maximum atomic E-state index is 13.8. The summed E-state index contributed by atoms with van der Waals surface area (Å²) in [4.78, 5) is 13.3. The fraction of sp³-hybridized carbons (Fsp3) is 0.588. The lowest BCUT2D eigenvalue weighted by molar-refractivity contribution is 0.0453. The Morgan fingerprint density at radius 3 is 2.67 bits per heavy atom. The highest BCUT2D eigenvalue weighted by Gasteiger charge is 2.29. The van der Waals surface area contributed by atoms with Crippen molar-refractivity contribution in [2.24, 2.45) is 0 Å². The van der Waals surface area contributed by atoms with Gasteiger partial charge < -0.3 is 20.1 Å². The van der Waals surface area contributed by atoms with Crippen LogP contribution in [0.1, 0.15) is 32.3 Å². The Bertz CT molecular complexity index is 573. The van der Waals surface area contributed by atoms with E-state index in [-0.39, 0.29) is 24.2 Å². The highest BCUT2D eigenvalue weighted by molar-refractivity contribution is 5.67. The summed E-state index contributed by atoms with van der Waals surface area (Å²) in [5.74, 6) is -1.44. The number of amides is 1. The van der Waals surface area contributed by atoms with Crippen LogP contribution in [0.2, 0.25) is 0 Å². The Hall–Kier alpha value is -1.73. The van der Waals surface area contributed by atoms with Gasteiger partial charge in [0.1, 0.15) is 17.2 Å². The van der Waals surface area contributed by atoms with Gasteiger partial charge in [-0.15, -0.1) is 0 Å². The van der Waals surface area contributed by atoms with Crippen molar-refractivity contribution in [3.8, 4) is 0 Å². The molecular formula is C17H24F2N2O3. The van der Waals surface area contributed by atoms with E-state index in [1.807, 2.05) is 0 Å². The fourth-order valence-electron chi connectivity index (χ4n) is 2.85. The Balaban J connectivity index is 1.86. The van der Waals surface area contributed by atoms with E-state index >= 15 is 0 Å². The van der Waals surface area contributed by atoms with Crippen molar-refractivity contribution in [2.75, 3.05) is 26.2 Å². The van der Waals surface area contributed by atoms with Crippen LogP contribution in [-0.2, 0) is 10.3 Å². The molecule has 1 aromatic carbocycles. The van der Waals surface area contributed by atoms with Gasteiger partial charge in [0.15, 0.2) is 0 Å². The van der Waals surface area contributed by atoms with Crippen molar-refractivity contribution in [3.63, 3.8) is 0 Å². The first-order valence-electron chi connectivity index (χ1n) is 8.16. The van der Waals surface area contributed by atoms with Gasteiger partial charge in [0, 0.05) is 37.3 Å². The summed E-state index contributed by atoms with van der Waals surface area (Å²) in [6.45, 7) is 4.89. The first-order valence-corrected chi connectivity index (χ1v) is 8.16. The second-order valence-corrected chi connectivity index (χ2v) is 6.24. The number of ether oxygens (including phenoxy) is 1. The number of benzene rings is 1. The number of carbonyl (C=O) groups excluding carboxylic acids is 1. The molecule has 1 saturated heterocycles. The van der Waals surface area contributed by atoms with E-state index in [1.54, 1.807) is 11.8 Å². The molecule has 2 rings (SSSR count). The molecule has 24 heavy (non-hydrogen) atoms. The summed E-state index contributed by atoms with van der Waals surface area (Å²) in [5.41, 5.74) is -1.39. The lowest BCUT2D eigenvalue weighted by atomic mass is 9.94. The number of hydrogen-bond donors (Lipinski definition) is 2. The van der Waals surface area contributed by atoms with E-state index in [2.05, 4.69) is 5.32 Å². The SMILES string of the molecule is CCOC(=O)N1CCC(NC[C@](C)(O)c2ccc(F)cc2F)CC1. The van der Waals surface area contributed by atoms with Gasteiger partial charge in [-0.05, 0) is 32.8 Å². The van der Waals surface area contributed by atoms with Crippen LogP contribution in [0.3, 0.4) is 0 Å². The molecule has 2 N–H and O–H groups in total. The molecule has 1 amide bonds. The van der Waals surface area contributed by atoms with E-state index in [4.69, 9.17) is 4.74 Å². The fourth-order valence-corrected chi connectivity index (χ4v) is 2.85. The number of hydrogen-bond acceptors (Lipinski definition) is 4. The van der Waals surface area contributed by atoms with Crippen LogP contribution >= 0.6 is 0 Å². The van der Waals surface area contributed by atoms with Crippen molar-refractivity contribution in [2.45, 2.75) is 38.3 Å². The molecule has 0 aliphatic carbocycles. The molecule has 1 aromatic rings. The quantitative estimate of drug-likeness (QED) is 0.862. The predicted molar refractivity (Wildman–Crippen MR) is 85.5 cm³/mol. The molecule has 1 fully saturated rings. The van der Waals surface area contributed by atoms with Crippen LogP contribution in [0.4, 0.5) is 13.6 Å². The van der Waals surface area contributed by atoms with E-state index in [9.17, 15) is 18.7 Å². The topological polar surface area (TPSA) is 61.8 Å². The van der Waals surface area contributed by atoms with Gasteiger partial charge >= 0.3 is 6.09 Å². The molecule has 1 atom stereocenters. The van der Waals surface area contributed by atoms with Gasteiger partial charge in [0.2, 0.25) is 0 Å². The zero-order valence-corrected chi connectivity index (χ0v) is 14.0. The largest absolute Gasteiger partial charge is 0.450 e. The standard InChI is InChI=1S/C17H24F2N2O3/c1-3-24-16(22)21-8-6-13(7-9-21)20-11-17(2,23)14-5-4-12(18)10-15(14)19/h4-5,10,13,20,23H,3,6-9,11H2,1-2H3/t17-/m0/s1. The number of halogens is 2. The molecule has 1 heterocycles. The number of likely N-dealkylation sites (tertiary alicyclic amines) is 1. The van der Waals surface area contributed by atoms with Crippen molar-refractivity contribution in [3.05, 3.63) is 35.4 Å². The summed E-state index contributed by atoms with van der Waals surface area (Å²) in [7, 11) is 0. The van der Waals surface area contributed by atoms with Crippen LogP contribution in [0.5, 0.6) is 0 Å². The summed E-state index contributed by atoms with van der Waals surface area (Å²) in [6.07, 6.45) is 1.14. The molecule has 0 saturated carbocycles. The maximum Gasteiger partial charge on any atom is 0.409 e. The Labute approximate surface area is 140 Å². The monoisotopic (exact) mass is 342 g/mol. The third-order valence-corrected chi connectivity index (χ3v) is 4.27. The molecule has 0 bridgehead atoms. The third-order valence-electron chi connectivity index (χ3n) is 4.27. The van der Waals surface area contributed by atoms with E-state index in [0.29, 0.717) is 19.7 Å². The molecule has 0 radical (unpaired) electrons. The van der Waals surface area contributed by atoms with E-state index < -0.39 is 17.2 Å². The Morgan fingerprint density at radius 1 is 1.42 bits per heavy atom. The van der Waals surface area contributed by atoms with Gasteiger partial charge in [-0.1, -0.05) is 6.07 Å². The van der Waals surface area contributed by atoms with Crippen molar-refractivity contribution in [1.29, 1.82) is 0 Å². The van der Waals surface area contributed by atoms with Gasteiger partial charge in [0.05, 0.1) is 6.61 Å². The number of aliphatic hydroxyl groups is 1. The molecule has 0 spiro atoms. The highest BCUT2D eigenvalue weighted by Crippen LogP contribution is 2.24. The molecule has 5 nitrogen and oxygen atoms in total. The highest BCUT2D eigenvalue weighted by atomic mass is 19.1. The minimum Gasteiger partial charge on any atom is -0.450 e. The predicted octanol–water partition coefficient (Wildman–Crippen LogP) is 2.38. The molecule has 1 aliphatic heterocycles. The lowest BCUT2D eigenvalue weighted by Gasteiger charge is -2.34. The minimum atomic E-state index is -1.45. The van der Waals surface area contributed by atoms with Gasteiger partial charge in [0.25, 0.3) is 0 Å². The minimum absolute atomic E-state index is 0.0559. The van der Waals surface area contributed by atoms with Crippen LogP contribution in [-0.4, -0.2) is 48.4 Å². The number of nitrogens with one attached hydrogen (secondary N) is 1. The number of nitrogens with zero attached hydrogens (tertiary/aromatic N) is 1. The summed E-state index contributed by atoms with van der Waals surface area (Å²) in [5, 5.41) is 13.7. The second kappa shape index (κ2) is 7.90. The average Bonchev–Trinajstić information content (AvgIpc) is 2.53. The summed E-state index contributed by atoms with van der Waals surface area (Å²) < 4.78 is 31.8. The van der Waals surface area contributed by atoms with Crippen LogP contribution in [0.15, 0.2) is 18.2 Å². The molecule has 0 unspecified atom stereocenters. The van der Waals surface area contributed by atoms with E-state index in [0.717, 1.165) is 25.0 Å². The molecule has 134 valence electrons. The van der Waals surface area contributed by atoms with Crippen LogP contribution in [0, 0.1) is 11.6 Å². The zero-order chi connectivity index (χ0) is 17.7. The molecule has 0 aromatic heterocycles. The van der Waals surface area contributed by atoms with Crippen LogP contribution in [0.25, 0.3) is 0 Å². The molecule has 1 aliphatic rings. The van der Waals surface area contributed by atoms with E-state index in [1.165, 1.54) is 13.0 Å². The maximum absolute atomic E-state index is 13.8. The number of carbonyl (C=O) groups is 1. The molecular weight excluding hydrogens is 318 g/mol. The smallest absolute Gasteiger partial charge is 0.409 e. The first-order chi connectivity index (χ1) is 11.3. The Morgan fingerprint density at radius 2 is 2.08 bits per heavy atom. The molecule has 7 heteroatoms. The normalized spacial score (nSPS) is 18.3. The first kappa shape index (κ1) is 18.6. The summed E-state index contributed by atoms with van der Waals surface area (Å²) >= 11 is 0. The van der Waals surface area contributed by atoms with Crippen molar-refractivity contribution >= 4 is 6.09 Å². The summed E-state index contributed by atoms with van der Waals surface area (Å²) in [6, 6.07) is 3.27. The number of rotatable bonds is 5. The van der Waals surface area contributed by atoms with Gasteiger partial charge in [-0.3, -0.25) is 0 Å². The van der Waals surface area contributed by atoms with Gasteiger partial charge in [-0.2, -0.15) is 0 Å². The Kier molecular flexibility index (Phi) is 6.12. The average molecular weight is 342 g/mol. The van der Waals surface area contributed by atoms with Gasteiger partial charge in [-0.25, -0.2) is 13.6 Å². The third kappa shape index (κ3) is 4.64.